The molecule has 22 heavy (non-hydrogen) atoms. The Kier molecular flexibility index (Phi) is 4.91. The molecular formula is C19H25NO2. The van der Waals surface area contributed by atoms with Crippen molar-refractivity contribution in [3.63, 3.8) is 0 Å². The van der Waals surface area contributed by atoms with Gasteiger partial charge in [-0.05, 0) is 49.3 Å². The van der Waals surface area contributed by atoms with Gasteiger partial charge in [0.1, 0.15) is 0 Å². The van der Waals surface area contributed by atoms with Gasteiger partial charge in [0, 0.05) is 31.5 Å². The highest BCUT2D eigenvalue weighted by molar-refractivity contribution is 5.98. The van der Waals surface area contributed by atoms with E-state index in [0.29, 0.717) is 12.8 Å². The van der Waals surface area contributed by atoms with E-state index in [9.17, 15) is 9.59 Å². The first kappa shape index (κ1) is 15.3. The van der Waals surface area contributed by atoms with E-state index in [2.05, 4.69) is 6.07 Å². The number of aryl methyl sites for hydroxylation is 2. The fraction of sp³-hybridized carbons (Fsp3) is 0.579. The molecule has 0 atom stereocenters. The highest BCUT2D eigenvalue weighted by Crippen LogP contribution is 2.23. The van der Waals surface area contributed by atoms with Gasteiger partial charge in [-0.2, -0.15) is 0 Å². The van der Waals surface area contributed by atoms with Crippen molar-refractivity contribution in [2.24, 2.45) is 0 Å². The van der Waals surface area contributed by atoms with Crippen molar-refractivity contribution in [3.05, 3.63) is 34.9 Å². The van der Waals surface area contributed by atoms with Crippen molar-refractivity contribution in [2.45, 2.75) is 57.8 Å². The lowest BCUT2D eigenvalue weighted by Crippen LogP contribution is -2.32. The molecule has 1 saturated heterocycles. The third kappa shape index (κ3) is 3.57. The Labute approximate surface area is 132 Å². The topological polar surface area (TPSA) is 37.4 Å². The van der Waals surface area contributed by atoms with Crippen LogP contribution in [0.5, 0.6) is 0 Å². The molecule has 0 spiro atoms. The quantitative estimate of drug-likeness (QED) is 0.797. The normalized spacial score (nSPS) is 17.9. The zero-order chi connectivity index (χ0) is 15.4. The second-order valence-electron chi connectivity index (χ2n) is 6.56. The molecule has 1 fully saturated rings. The molecular weight excluding hydrogens is 274 g/mol. The molecule has 0 saturated carbocycles. The number of hydrogen-bond acceptors (Lipinski definition) is 2. The first-order valence-electron chi connectivity index (χ1n) is 8.67. The van der Waals surface area contributed by atoms with Crippen LogP contribution in [0.4, 0.5) is 0 Å². The van der Waals surface area contributed by atoms with Gasteiger partial charge in [0.2, 0.25) is 5.91 Å². The summed E-state index contributed by atoms with van der Waals surface area (Å²) in [5, 5.41) is 0. The van der Waals surface area contributed by atoms with Crippen molar-refractivity contribution in [1.82, 2.24) is 4.90 Å². The minimum atomic E-state index is 0.109. The molecule has 3 nitrogen and oxygen atoms in total. The lowest BCUT2D eigenvalue weighted by molar-refractivity contribution is -0.131. The molecule has 3 rings (SSSR count). The zero-order valence-electron chi connectivity index (χ0n) is 13.3. The molecule has 1 amide bonds. The summed E-state index contributed by atoms with van der Waals surface area (Å²) in [4.78, 5) is 26.5. The Morgan fingerprint density at radius 3 is 2.36 bits per heavy atom. The van der Waals surface area contributed by atoms with E-state index in [1.54, 1.807) is 0 Å². The Hall–Kier alpha value is -1.64. The summed E-state index contributed by atoms with van der Waals surface area (Å²) in [7, 11) is 0. The molecule has 1 heterocycles. The van der Waals surface area contributed by atoms with Gasteiger partial charge in [-0.15, -0.1) is 0 Å². The van der Waals surface area contributed by atoms with Crippen molar-refractivity contribution in [1.29, 1.82) is 0 Å². The zero-order valence-corrected chi connectivity index (χ0v) is 13.3. The molecule has 2 aliphatic rings. The Morgan fingerprint density at radius 2 is 1.59 bits per heavy atom. The predicted molar refractivity (Wildman–Crippen MR) is 87.1 cm³/mol. The average molecular weight is 299 g/mol. The van der Waals surface area contributed by atoms with Gasteiger partial charge in [-0.25, -0.2) is 0 Å². The molecule has 0 unspecified atom stereocenters. The van der Waals surface area contributed by atoms with Crippen LogP contribution in [0, 0.1) is 0 Å². The predicted octanol–water partition coefficient (Wildman–Crippen LogP) is 3.54. The summed E-state index contributed by atoms with van der Waals surface area (Å²) in [6.45, 7) is 1.73. The molecule has 3 heteroatoms. The second-order valence-corrected chi connectivity index (χ2v) is 6.56. The van der Waals surface area contributed by atoms with Crippen LogP contribution in [-0.4, -0.2) is 29.7 Å². The van der Waals surface area contributed by atoms with Gasteiger partial charge in [0.15, 0.2) is 5.78 Å². The van der Waals surface area contributed by atoms with E-state index in [0.717, 1.165) is 44.3 Å². The number of amides is 1. The van der Waals surface area contributed by atoms with Crippen LogP contribution in [0.15, 0.2) is 18.2 Å². The molecule has 0 aromatic heterocycles. The molecule has 0 bridgehead atoms. The van der Waals surface area contributed by atoms with Crippen LogP contribution < -0.4 is 0 Å². The van der Waals surface area contributed by atoms with Crippen molar-refractivity contribution in [3.8, 4) is 0 Å². The smallest absolute Gasteiger partial charge is 0.223 e. The third-order valence-corrected chi connectivity index (χ3v) is 4.95. The number of rotatable bonds is 4. The number of likely N-dealkylation sites (tertiary alicyclic amines) is 1. The van der Waals surface area contributed by atoms with E-state index in [4.69, 9.17) is 0 Å². The Bertz CT molecular complexity index is 557. The van der Waals surface area contributed by atoms with E-state index >= 15 is 0 Å². The fourth-order valence-corrected chi connectivity index (χ4v) is 3.59. The van der Waals surface area contributed by atoms with Gasteiger partial charge < -0.3 is 4.90 Å². The molecule has 0 N–H and O–H groups in total. The number of hydrogen-bond donors (Lipinski definition) is 0. The van der Waals surface area contributed by atoms with E-state index < -0.39 is 0 Å². The van der Waals surface area contributed by atoms with Gasteiger partial charge in [-0.3, -0.25) is 9.59 Å². The molecule has 1 aliphatic carbocycles. The SMILES string of the molecule is O=C(CCC(=O)N1CCCCCC1)c1ccc2c(c1)CCC2. The van der Waals surface area contributed by atoms with Crippen LogP contribution in [0.2, 0.25) is 0 Å². The Morgan fingerprint density at radius 1 is 0.864 bits per heavy atom. The summed E-state index contributed by atoms with van der Waals surface area (Å²) < 4.78 is 0. The molecule has 1 aromatic rings. The van der Waals surface area contributed by atoms with Crippen LogP contribution in [0.1, 0.15) is 66.4 Å². The van der Waals surface area contributed by atoms with Gasteiger partial charge in [0.25, 0.3) is 0 Å². The average Bonchev–Trinajstić information content (AvgIpc) is 2.83. The van der Waals surface area contributed by atoms with Gasteiger partial charge >= 0.3 is 0 Å². The number of carbonyl (C=O) groups excluding carboxylic acids is 2. The number of fused-ring (bicyclic) bond motifs is 1. The minimum absolute atomic E-state index is 0.109. The van der Waals surface area contributed by atoms with Crippen molar-refractivity contribution >= 4 is 11.7 Å². The maximum atomic E-state index is 12.3. The number of Topliss-reactive ketones (excluding diaryl/α,β-unsaturated/α-hetero) is 1. The van der Waals surface area contributed by atoms with E-state index in [1.165, 1.54) is 30.4 Å². The van der Waals surface area contributed by atoms with Crippen LogP contribution in [-0.2, 0) is 17.6 Å². The van der Waals surface area contributed by atoms with E-state index in [1.807, 2.05) is 17.0 Å². The maximum absolute atomic E-state index is 12.3. The Balaban J connectivity index is 1.54. The molecule has 118 valence electrons. The summed E-state index contributed by atoms with van der Waals surface area (Å²) in [5.74, 6) is 0.259. The lowest BCUT2D eigenvalue weighted by Gasteiger charge is -2.20. The minimum Gasteiger partial charge on any atom is -0.343 e. The number of nitrogens with zero attached hydrogens (tertiary/aromatic N) is 1. The lowest BCUT2D eigenvalue weighted by atomic mass is 10.0. The number of benzene rings is 1. The van der Waals surface area contributed by atoms with Crippen molar-refractivity contribution < 1.29 is 9.59 Å². The largest absolute Gasteiger partial charge is 0.343 e. The molecule has 1 aliphatic heterocycles. The van der Waals surface area contributed by atoms with Crippen LogP contribution >= 0.6 is 0 Å². The fourth-order valence-electron chi connectivity index (χ4n) is 3.59. The standard InChI is InChI=1S/C19H25NO2/c21-18(17-9-8-15-6-5-7-16(15)14-17)10-11-19(22)20-12-3-1-2-4-13-20/h8-9,14H,1-7,10-13H2. The van der Waals surface area contributed by atoms with Gasteiger partial charge in [-0.1, -0.05) is 25.0 Å². The highest BCUT2D eigenvalue weighted by atomic mass is 16.2. The molecule has 1 aromatic carbocycles. The first-order valence-corrected chi connectivity index (χ1v) is 8.67. The summed E-state index contributed by atoms with van der Waals surface area (Å²) in [5.41, 5.74) is 3.49. The third-order valence-electron chi connectivity index (χ3n) is 4.95. The second kappa shape index (κ2) is 7.08. The van der Waals surface area contributed by atoms with E-state index in [-0.39, 0.29) is 11.7 Å². The highest BCUT2D eigenvalue weighted by Gasteiger charge is 2.18. The molecule has 0 radical (unpaired) electrons. The first-order chi connectivity index (χ1) is 10.7. The van der Waals surface area contributed by atoms with Crippen LogP contribution in [0.25, 0.3) is 0 Å². The summed E-state index contributed by atoms with van der Waals surface area (Å²) >= 11 is 0. The monoisotopic (exact) mass is 299 g/mol. The van der Waals surface area contributed by atoms with Gasteiger partial charge in [0.05, 0.1) is 0 Å². The number of carbonyl (C=O) groups is 2. The summed E-state index contributed by atoms with van der Waals surface area (Å²) in [6.07, 6.45) is 8.76. The summed E-state index contributed by atoms with van der Waals surface area (Å²) in [6, 6.07) is 6.07. The van der Waals surface area contributed by atoms with Crippen LogP contribution in [0.3, 0.4) is 0 Å². The number of ketones is 1. The maximum Gasteiger partial charge on any atom is 0.223 e. The van der Waals surface area contributed by atoms with Crippen molar-refractivity contribution in [2.75, 3.05) is 13.1 Å².